The van der Waals surface area contributed by atoms with Crippen molar-refractivity contribution in [3.8, 4) is 11.5 Å². The first-order valence-corrected chi connectivity index (χ1v) is 10.6. The molecule has 0 bridgehead atoms. The predicted octanol–water partition coefficient (Wildman–Crippen LogP) is 4.85. The Morgan fingerprint density at radius 2 is 1.60 bits per heavy atom. The van der Waals surface area contributed by atoms with Crippen LogP contribution in [0.3, 0.4) is 0 Å². The minimum atomic E-state index is -1.62. The third-order valence-electron chi connectivity index (χ3n) is 4.29. The second-order valence-electron chi connectivity index (χ2n) is 6.39. The molecule has 1 N–H and O–H groups in total. The molecule has 0 atom stereocenters. The van der Waals surface area contributed by atoms with E-state index in [-0.39, 0.29) is 6.61 Å². The van der Waals surface area contributed by atoms with Gasteiger partial charge in [0.2, 0.25) is 0 Å². The number of aliphatic hydroxyl groups excluding tert-OH is 1. The average Bonchev–Trinajstić information content (AvgIpc) is 2.76. The molecule has 1 nitrogen and oxygen atoms in total. The lowest BCUT2D eigenvalue weighted by atomic mass is 10.3. The summed E-state index contributed by atoms with van der Waals surface area (Å²) in [4.78, 5) is 2.37. The number of rotatable bonds is 5. The van der Waals surface area contributed by atoms with Crippen molar-refractivity contribution < 1.29 is 5.11 Å². The van der Waals surface area contributed by atoms with Gasteiger partial charge in [0.1, 0.15) is 8.07 Å². The summed E-state index contributed by atoms with van der Waals surface area (Å²) in [5.41, 5.74) is 5.76. The predicted molar refractivity (Wildman–Crippen MR) is 93.0 cm³/mol. The van der Waals surface area contributed by atoms with Crippen molar-refractivity contribution in [3.63, 3.8) is 0 Å². The monoisotopic (exact) mass is 308 g/mol. The Bertz CT molecular complexity index is 455. The fraction of sp³-hybridized carbons (Fsp3) is 0.647. The Labute approximate surface area is 129 Å². The van der Waals surface area contributed by atoms with Gasteiger partial charge in [-0.25, -0.2) is 0 Å². The van der Waals surface area contributed by atoms with Crippen LogP contribution in [-0.4, -0.2) is 19.8 Å². The first-order valence-electron chi connectivity index (χ1n) is 7.57. The quantitative estimate of drug-likeness (QED) is 0.609. The fourth-order valence-electron chi connectivity index (χ4n) is 3.29. The Kier molecular flexibility index (Phi) is 6.51. The Balaban J connectivity index is 3.09. The summed E-state index contributed by atoms with van der Waals surface area (Å²) in [6.45, 7) is 14.3. The zero-order valence-electron chi connectivity index (χ0n) is 13.7. The van der Waals surface area contributed by atoms with Crippen molar-refractivity contribution in [1.82, 2.24) is 0 Å². The Hall–Kier alpha value is -0.563. The number of thiophene rings is 1. The van der Waals surface area contributed by atoms with E-state index >= 15 is 0 Å². The second-order valence-corrected chi connectivity index (χ2v) is 13.1. The molecule has 20 heavy (non-hydrogen) atoms. The van der Waals surface area contributed by atoms with Crippen molar-refractivity contribution in [1.29, 1.82) is 0 Å². The summed E-state index contributed by atoms with van der Waals surface area (Å²) < 4.78 is 0. The third-order valence-corrected chi connectivity index (χ3v) is 11.6. The van der Waals surface area contributed by atoms with Gasteiger partial charge in [0.15, 0.2) is 0 Å². The fourth-order valence-corrected chi connectivity index (χ4v) is 9.45. The van der Waals surface area contributed by atoms with Crippen LogP contribution in [0.4, 0.5) is 0 Å². The first kappa shape index (κ1) is 17.5. The number of hydrogen-bond donors (Lipinski definition) is 1. The van der Waals surface area contributed by atoms with E-state index in [1.807, 2.05) is 0 Å². The molecule has 0 aliphatic heterocycles. The summed E-state index contributed by atoms with van der Waals surface area (Å²) in [7, 11) is -1.62. The lowest BCUT2D eigenvalue weighted by molar-refractivity contribution is 0.300. The zero-order chi connectivity index (χ0) is 15.3. The highest BCUT2D eigenvalue weighted by molar-refractivity contribution is 7.12. The molecule has 0 amide bonds. The molecule has 1 heterocycles. The van der Waals surface area contributed by atoms with Gasteiger partial charge in [-0.1, -0.05) is 47.5 Å². The van der Waals surface area contributed by atoms with Crippen LogP contribution in [0.1, 0.15) is 51.3 Å². The van der Waals surface area contributed by atoms with Gasteiger partial charge >= 0.3 is 0 Å². The van der Waals surface area contributed by atoms with Crippen LogP contribution in [-0.2, 0) is 6.42 Å². The van der Waals surface area contributed by atoms with E-state index in [9.17, 15) is 0 Å². The van der Waals surface area contributed by atoms with Gasteiger partial charge in [0, 0.05) is 17.9 Å². The SMILES string of the molecule is CC(C)[Si](C#Cc1ccc(CCO)s1)(C(C)C)C(C)C. The lowest BCUT2D eigenvalue weighted by Crippen LogP contribution is -2.43. The van der Waals surface area contributed by atoms with Crippen LogP contribution in [0.15, 0.2) is 12.1 Å². The molecular weight excluding hydrogens is 280 g/mol. The smallest absolute Gasteiger partial charge is 0.146 e. The maximum atomic E-state index is 8.98. The molecule has 3 heteroatoms. The molecule has 0 spiro atoms. The highest BCUT2D eigenvalue weighted by atomic mass is 32.1. The van der Waals surface area contributed by atoms with Crippen molar-refractivity contribution in [3.05, 3.63) is 21.9 Å². The zero-order valence-corrected chi connectivity index (χ0v) is 15.5. The summed E-state index contributed by atoms with van der Waals surface area (Å²) >= 11 is 1.72. The van der Waals surface area contributed by atoms with Gasteiger partial charge in [-0.15, -0.1) is 16.9 Å². The van der Waals surface area contributed by atoms with Crippen LogP contribution in [0, 0.1) is 11.5 Å². The molecule has 0 saturated heterocycles. The molecule has 0 aliphatic carbocycles. The maximum absolute atomic E-state index is 8.98. The molecule has 0 saturated carbocycles. The molecule has 0 fully saturated rings. The van der Waals surface area contributed by atoms with Crippen molar-refractivity contribution in [2.24, 2.45) is 0 Å². The summed E-state index contributed by atoms with van der Waals surface area (Å²) in [6, 6.07) is 4.19. The van der Waals surface area contributed by atoms with Crippen LogP contribution in [0.2, 0.25) is 16.6 Å². The van der Waals surface area contributed by atoms with E-state index < -0.39 is 8.07 Å². The Morgan fingerprint density at radius 1 is 1.05 bits per heavy atom. The molecule has 1 aromatic heterocycles. The van der Waals surface area contributed by atoms with E-state index in [2.05, 4.69) is 65.1 Å². The molecular formula is C17H28OSSi. The number of aliphatic hydroxyl groups is 1. The average molecular weight is 309 g/mol. The topological polar surface area (TPSA) is 20.2 Å². The maximum Gasteiger partial charge on any atom is 0.146 e. The third kappa shape index (κ3) is 3.75. The van der Waals surface area contributed by atoms with Crippen LogP contribution in [0.25, 0.3) is 0 Å². The Morgan fingerprint density at radius 3 is 2.05 bits per heavy atom. The van der Waals surface area contributed by atoms with Gasteiger partial charge < -0.3 is 5.11 Å². The molecule has 0 aliphatic rings. The van der Waals surface area contributed by atoms with Gasteiger partial charge in [0.25, 0.3) is 0 Å². The van der Waals surface area contributed by atoms with Crippen LogP contribution >= 0.6 is 11.3 Å². The summed E-state index contributed by atoms with van der Waals surface area (Å²) in [5, 5.41) is 8.98. The van der Waals surface area contributed by atoms with Gasteiger partial charge in [-0.3, -0.25) is 0 Å². The molecule has 0 aromatic carbocycles. The normalized spacial score (nSPS) is 12.1. The minimum absolute atomic E-state index is 0.218. The van der Waals surface area contributed by atoms with Crippen LogP contribution < -0.4 is 0 Å². The lowest BCUT2D eigenvalue weighted by Gasteiger charge is -2.38. The molecule has 0 unspecified atom stereocenters. The van der Waals surface area contributed by atoms with E-state index in [0.29, 0.717) is 16.6 Å². The van der Waals surface area contributed by atoms with Crippen molar-refractivity contribution >= 4 is 19.4 Å². The van der Waals surface area contributed by atoms with Crippen LogP contribution in [0.5, 0.6) is 0 Å². The largest absolute Gasteiger partial charge is 0.396 e. The first-order chi connectivity index (χ1) is 9.34. The minimum Gasteiger partial charge on any atom is -0.396 e. The molecule has 1 rings (SSSR count). The van der Waals surface area contributed by atoms with Crippen molar-refractivity contribution in [2.75, 3.05) is 6.61 Å². The molecule has 112 valence electrons. The summed E-state index contributed by atoms with van der Waals surface area (Å²) in [5.74, 6) is 3.46. The van der Waals surface area contributed by atoms with Crippen molar-refractivity contribution in [2.45, 2.75) is 64.6 Å². The molecule has 0 radical (unpaired) electrons. The van der Waals surface area contributed by atoms with Gasteiger partial charge in [0.05, 0.1) is 4.88 Å². The van der Waals surface area contributed by atoms with E-state index in [1.165, 1.54) is 4.88 Å². The van der Waals surface area contributed by atoms with E-state index in [1.54, 1.807) is 11.3 Å². The van der Waals surface area contributed by atoms with E-state index in [4.69, 9.17) is 5.11 Å². The highest BCUT2D eigenvalue weighted by Crippen LogP contribution is 2.40. The molecule has 1 aromatic rings. The van der Waals surface area contributed by atoms with E-state index in [0.717, 1.165) is 11.3 Å². The second kappa shape index (κ2) is 7.45. The van der Waals surface area contributed by atoms with Gasteiger partial charge in [-0.2, -0.15) is 0 Å². The number of hydrogen-bond acceptors (Lipinski definition) is 2. The van der Waals surface area contributed by atoms with Gasteiger partial charge in [-0.05, 0) is 28.8 Å². The standard InChI is InChI=1S/C17H28OSSi/c1-13(2)20(14(3)4,15(5)6)12-10-17-8-7-16(19-17)9-11-18/h7-8,13-15,18H,9,11H2,1-6H3. The highest BCUT2D eigenvalue weighted by Gasteiger charge is 2.41. The summed E-state index contributed by atoms with van der Waals surface area (Å²) in [6.07, 6.45) is 0.744.